The van der Waals surface area contributed by atoms with Crippen LogP contribution in [0.2, 0.25) is 0 Å². The second-order valence-corrected chi connectivity index (χ2v) is 5.33. The molecule has 0 aliphatic carbocycles. The van der Waals surface area contributed by atoms with Crippen molar-refractivity contribution in [2.45, 2.75) is 40.2 Å². The molecule has 2 rings (SSSR count). The summed E-state index contributed by atoms with van der Waals surface area (Å²) in [6.07, 6.45) is 1.50. The lowest BCUT2D eigenvalue weighted by atomic mass is 10.2. The van der Waals surface area contributed by atoms with Gasteiger partial charge in [-0.05, 0) is 40.7 Å². The molecule has 0 fully saturated rings. The fourth-order valence-electron chi connectivity index (χ4n) is 1.75. The quantitative estimate of drug-likeness (QED) is 0.725. The summed E-state index contributed by atoms with van der Waals surface area (Å²) in [6, 6.07) is 1.92. The maximum atomic E-state index is 12.0. The van der Waals surface area contributed by atoms with Crippen LogP contribution in [0, 0.1) is 13.8 Å². The lowest BCUT2D eigenvalue weighted by Crippen LogP contribution is -2.23. The van der Waals surface area contributed by atoms with Gasteiger partial charge in [-0.15, -0.1) is 0 Å². The molecule has 5 nitrogen and oxygen atoms in total. The van der Waals surface area contributed by atoms with Gasteiger partial charge in [0.1, 0.15) is 11.2 Å². The van der Waals surface area contributed by atoms with E-state index in [4.69, 9.17) is 4.74 Å². The Balaban J connectivity index is 2.49. The summed E-state index contributed by atoms with van der Waals surface area (Å²) in [5.41, 5.74) is 2.21. The van der Waals surface area contributed by atoms with E-state index in [0.29, 0.717) is 11.2 Å². The third-order valence-electron chi connectivity index (χ3n) is 2.40. The van der Waals surface area contributed by atoms with Crippen LogP contribution in [0.15, 0.2) is 12.3 Å². The van der Waals surface area contributed by atoms with Crippen molar-refractivity contribution in [3.63, 3.8) is 0 Å². The van der Waals surface area contributed by atoms with Gasteiger partial charge in [-0.2, -0.15) is 5.10 Å². The highest BCUT2D eigenvalue weighted by Gasteiger charge is 2.22. The summed E-state index contributed by atoms with van der Waals surface area (Å²) in [6.45, 7) is 9.31. The normalized spacial score (nSPS) is 11.8. The van der Waals surface area contributed by atoms with Gasteiger partial charge < -0.3 is 4.74 Å². The average molecular weight is 247 g/mol. The summed E-state index contributed by atoms with van der Waals surface area (Å²) in [4.78, 5) is 16.4. The third-order valence-corrected chi connectivity index (χ3v) is 2.40. The minimum atomic E-state index is -0.524. The molecular weight excluding hydrogens is 230 g/mol. The fraction of sp³-hybridized carbons (Fsp3) is 0.462. The fourth-order valence-corrected chi connectivity index (χ4v) is 1.75. The predicted octanol–water partition coefficient (Wildman–Crippen LogP) is 2.30. The molecule has 0 saturated heterocycles. The van der Waals surface area contributed by atoms with E-state index >= 15 is 0 Å². The van der Waals surface area contributed by atoms with Crippen LogP contribution in [0.3, 0.4) is 0 Å². The number of aromatic nitrogens is 3. The lowest BCUT2D eigenvalue weighted by molar-refractivity contribution is 0.00716. The molecular formula is C13H17N3O2. The average Bonchev–Trinajstić information content (AvgIpc) is 2.58. The van der Waals surface area contributed by atoms with E-state index in [0.717, 1.165) is 11.4 Å². The number of carbonyl (C=O) groups is 1. The standard InChI is InChI=1S/C13H17N3O2/c1-8-6-9(2)16-11(15-8)10(7-14-16)12(17)18-13(3,4)5/h6-7H,1-5H3. The van der Waals surface area contributed by atoms with Crippen LogP contribution in [0.5, 0.6) is 0 Å². The third kappa shape index (κ3) is 2.34. The van der Waals surface area contributed by atoms with Crippen LogP contribution >= 0.6 is 0 Å². The highest BCUT2D eigenvalue weighted by molar-refractivity contribution is 5.95. The number of rotatable bonds is 1. The Morgan fingerprint density at radius 3 is 2.61 bits per heavy atom. The molecule has 0 amide bonds. The second kappa shape index (κ2) is 4.08. The number of ether oxygens (including phenoxy) is 1. The van der Waals surface area contributed by atoms with Crippen molar-refractivity contribution in [1.82, 2.24) is 14.6 Å². The van der Waals surface area contributed by atoms with Crippen molar-refractivity contribution >= 4 is 11.6 Å². The predicted molar refractivity (Wildman–Crippen MR) is 67.6 cm³/mol. The van der Waals surface area contributed by atoms with Crippen molar-refractivity contribution in [3.8, 4) is 0 Å². The molecule has 0 unspecified atom stereocenters. The lowest BCUT2D eigenvalue weighted by Gasteiger charge is -2.18. The first kappa shape index (κ1) is 12.5. The van der Waals surface area contributed by atoms with Crippen LogP contribution < -0.4 is 0 Å². The van der Waals surface area contributed by atoms with E-state index in [2.05, 4.69) is 10.1 Å². The van der Waals surface area contributed by atoms with E-state index in [-0.39, 0.29) is 0 Å². The summed E-state index contributed by atoms with van der Waals surface area (Å²) < 4.78 is 6.98. The molecule has 0 spiro atoms. The Morgan fingerprint density at radius 1 is 1.33 bits per heavy atom. The molecule has 0 N–H and O–H groups in total. The first-order chi connectivity index (χ1) is 8.28. The SMILES string of the molecule is Cc1cc(C)n2ncc(C(=O)OC(C)(C)C)c2n1. The van der Waals surface area contributed by atoms with Crippen molar-refractivity contribution < 1.29 is 9.53 Å². The van der Waals surface area contributed by atoms with Gasteiger partial charge in [-0.25, -0.2) is 14.3 Å². The molecule has 0 radical (unpaired) electrons. The Kier molecular flexibility index (Phi) is 2.84. The minimum absolute atomic E-state index is 0.394. The molecule has 0 atom stereocenters. The molecule has 0 bridgehead atoms. The monoisotopic (exact) mass is 247 g/mol. The zero-order chi connectivity index (χ0) is 13.5. The highest BCUT2D eigenvalue weighted by atomic mass is 16.6. The zero-order valence-electron chi connectivity index (χ0n) is 11.3. The number of esters is 1. The Bertz CT molecular complexity index is 608. The molecule has 2 aromatic rings. The van der Waals surface area contributed by atoms with Gasteiger partial charge in [-0.1, -0.05) is 0 Å². The van der Waals surface area contributed by atoms with Gasteiger partial charge in [0.25, 0.3) is 0 Å². The second-order valence-electron chi connectivity index (χ2n) is 5.33. The molecule has 2 heterocycles. The van der Waals surface area contributed by atoms with Crippen molar-refractivity contribution in [2.24, 2.45) is 0 Å². The number of fused-ring (bicyclic) bond motifs is 1. The number of nitrogens with zero attached hydrogens (tertiary/aromatic N) is 3. The van der Waals surface area contributed by atoms with Gasteiger partial charge in [0.05, 0.1) is 6.20 Å². The van der Waals surface area contributed by atoms with Crippen LogP contribution in [0.4, 0.5) is 0 Å². The molecule has 0 aliphatic heterocycles. The zero-order valence-corrected chi connectivity index (χ0v) is 11.3. The molecule has 0 aromatic carbocycles. The van der Waals surface area contributed by atoms with E-state index < -0.39 is 11.6 Å². The maximum Gasteiger partial charge on any atom is 0.344 e. The first-order valence-electron chi connectivity index (χ1n) is 5.83. The maximum absolute atomic E-state index is 12.0. The molecule has 0 saturated carbocycles. The van der Waals surface area contributed by atoms with E-state index in [1.54, 1.807) is 4.52 Å². The largest absolute Gasteiger partial charge is 0.456 e. The van der Waals surface area contributed by atoms with Gasteiger partial charge >= 0.3 is 5.97 Å². The Hall–Kier alpha value is -1.91. The smallest absolute Gasteiger partial charge is 0.344 e. The first-order valence-corrected chi connectivity index (χ1v) is 5.83. The van der Waals surface area contributed by atoms with Gasteiger partial charge in [0, 0.05) is 11.4 Å². The molecule has 18 heavy (non-hydrogen) atoms. The van der Waals surface area contributed by atoms with E-state index in [1.807, 2.05) is 40.7 Å². The van der Waals surface area contributed by atoms with Gasteiger partial charge in [0.2, 0.25) is 0 Å². The van der Waals surface area contributed by atoms with Crippen LogP contribution in [0.1, 0.15) is 42.5 Å². The summed E-state index contributed by atoms with van der Waals surface area (Å²) in [7, 11) is 0. The molecule has 0 aliphatic rings. The number of aryl methyl sites for hydroxylation is 2. The Morgan fingerprint density at radius 2 is 2.00 bits per heavy atom. The number of hydrogen-bond acceptors (Lipinski definition) is 4. The topological polar surface area (TPSA) is 56.5 Å². The van der Waals surface area contributed by atoms with Crippen LogP contribution in [-0.2, 0) is 4.74 Å². The highest BCUT2D eigenvalue weighted by Crippen LogP contribution is 2.16. The van der Waals surface area contributed by atoms with Gasteiger partial charge in [-0.3, -0.25) is 0 Å². The summed E-state index contributed by atoms with van der Waals surface area (Å²) >= 11 is 0. The van der Waals surface area contributed by atoms with Crippen molar-refractivity contribution in [2.75, 3.05) is 0 Å². The van der Waals surface area contributed by atoms with Crippen molar-refractivity contribution in [3.05, 3.63) is 29.2 Å². The number of hydrogen-bond donors (Lipinski definition) is 0. The van der Waals surface area contributed by atoms with E-state index in [9.17, 15) is 4.79 Å². The Labute approximate surface area is 106 Å². The molecule has 96 valence electrons. The molecule has 5 heteroatoms. The number of carbonyl (C=O) groups excluding carboxylic acids is 1. The minimum Gasteiger partial charge on any atom is -0.456 e. The summed E-state index contributed by atoms with van der Waals surface area (Å²) in [5.74, 6) is -0.394. The van der Waals surface area contributed by atoms with Gasteiger partial charge in [0.15, 0.2) is 5.65 Å². The van der Waals surface area contributed by atoms with Crippen molar-refractivity contribution in [1.29, 1.82) is 0 Å². The summed E-state index contributed by atoms with van der Waals surface area (Å²) in [5, 5.41) is 4.16. The van der Waals surface area contributed by atoms with Crippen LogP contribution in [0.25, 0.3) is 5.65 Å². The van der Waals surface area contributed by atoms with E-state index in [1.165, 1.54) is 6.20 Å². The van der Waals surface area contributed by atoms with Crippen LogP contribution in [-0.4, -0.2) is 26.2 Å². The molecule has 2 aromatic heterocycles.